The van der Waals surface area contributed by atoms with Crippen LogP contribution in [0, 0.1) is 0 Å². The summed E-state index contributed by atoms with van der Waals surface area (Å²) in [5.41, 5.74) is 7.75. The SMILES string of the molecule is CCCOC(=O)C1=C(COCCN)NC(C)=C(C(=O)OC)C1c1ccccc1Cl. The summed E-state index contributed by atoms with van der Waals surface area (Å²) in [5, 5.41) is 3.54. The summed E-state index contributed by atoms with van der Waals surface area (Å²) in [6.45, 7) is 4.69. The van der Waals surface area contributed by atoms with Gasteiger partial charge in [0, 0.05) is 17.3 Å². The maximum atomic E-state index is 13.0. The molecule has 0 saturated heterocycles. The molecule has 0 radical (unpaired) electrons. The number of carbonyl (C=O) groups excluding carboxylic acids is 2. The van der Waals surface area contributed by atoms with Gasteiger partial charge in [0.25, 0.3) is 0 Å². The Labute approximate surface area is 175 Å². The van der Waals surface area contributed by atoms with Crippen molar-refractivity contribution in [1.29, 1.82) is 0 Å². The fourth-order valence-corrected chi connectivity index (χ4v) is 3.43. The third-order valence-corrected chi connectivity index (χ3v) is 4.78. The number of halogens is 1. The van der Waals surface area contributed by atoms with Gasteiger partial charge in [-0.15, -0.1) is 0 Å². The smallest absolute Gasteiger partial charge is 0.336 e. The summed E-state index contributed by atoms with van der Waals surface area (Å²) in [4.78, 5) is 25.7. The van der Waals surface area contributed by atoms with Crippen LogP contribution in [-0.4, -0.2) is 45.4 Å². The van der Waals surface area contributed by atoms with Crippen LogP contribution < -0.4 is 11.1 Å². The second-order valence-electron chi connectivity index (χ2n) is 6.48. The molecule has 3 N–H and O–H groups in total. The summed E-state index contributed by atoms with van der Waals surface area (Å²) in [7, 11) is 1.30. The van der Waals surface area contributed by atoms with Crippen molar-refractivity contribution in [3.63, 3.8) is 0 Å². The van der Waals surface area contributed by atoms with Crippen LogP contribution in [0.1, 0.15) is 31.7 Å². The molecule has 1 unspecified atom stereocenters. The van der Waals surface area contributed by atoms with Gasteiger partial charge in [-0.25, -0.2) is 9.59 Å². The van der Waals surface area contributed by atoms with E-state index in [0.29, 0.717) is 47.1 Å². The van der Waals surface area contributed by atoms with Gasteiger partial charge < -0.3 is 25.3 Å². The third kappa shape index (κ3) is 5.38. The quantitative estimate of drug-likeness (QED) is 0.466. The first-order valence-electron chi connectivity index (χ1n) is 9.44. The van der Waals surface area contributed by atoms with Crippen LogP contribution in [0.15, 0.2) is 46.8 Å². The Hall–Kier alpha value is -2.35. The van der Waals surface area contributed by atoms with Crippen LogP contribution >= 0.6 is 11.6 Å². The number of rotatable bonds is 9. The maximum Gasteiger partial charge on any atom is 0.336 e. The molecular formula is C21H27ClN2O5. The molecule has 0 spiro atoms. The molecule has 1 aromatic carbocycles. The lowest BCUT2D eigenvalue weighted by atomic mass is 9.80. The molecule has 0 bridgehead atoms. The van der Waals surface area contributed by atoms with Crippen LogP contribution in [0.2, 0.25) is 5.02 Å². The fraction of sp³-hybridized carbons (Fsp3) is 0.429. The predicted octanol–water partition coefficient (Wildman–Crippen LogP) is 2.66. The summed E-state index contributed by atoms with van der Waals surface area (Å²) in [6, 6.07) is 7.07. The van der Waals surface area contributed by atoms with E-state index in [-0.39, 0.29) is 18.8 Å². The molecule has 1 aromatic rings. The summed E-state index contributed by atoms with van der Waals surface area (Å²) in [6.07, 6.45) is 0.668. The van der Waals surface area contributed by atoms with E-state index >= 15 is 0 Å². The van der Waals surface area contributed by atoms with Crippen molar-refractivity contribution in [3.8, 4) is 0 Å². The summed E-state index contributed by atoms with van der Waals surface area (Å²) in [5.74, 6) is -1.84. The number of nitrogens with one attached hydrogen (secondary N) is 1. The van der Waals surface area contributed by atoms with E-state index in [0.717, 1.165) is 0 Å². The highest BCUT2D eigenvalue weighted by Crippen LogP contribution is 2.41. The lowest BCUT2D eigenvalue weighted by Gasteiger charge is -2.31. The molecule has 0 fully saturated rings. The summed E-state index contributed by atoms with van der Waals surface area (Å²) >= 11 is 6.45. The Balaban J connectivity index is 2.65. The molecule has 0 aromatic heterocycles. The van der Waals surface area contributed by atoms with Gasteiger partial charge in [0.1, 0.15) is 0 Å². The molecule has 8 heteroatoms. The van der Waals surface area contributed by atoms with Gasteiger partial charge in [-0.2, -0.15) is 0 Å². The molecule has 0 amide bonds. The Kier molecular flexibility index (Phi) is 8.70. The summed E-state index contributed by atoms with van der Waals surface area (Å²) < 4.78 is 16.0. The number of dihydropyridines is 1. The molecule has 29 heavy (non-hydrogen) atoms. The van der Waals surface area contributed by atoms with E-state index in [1.807, 2.05) is 6.92 Å². The van der Waals surface area contributed by atoms with Crippen molar-refractivity contribution in [2.45, 2.75) is 26.2 Å². The number of nitrogens with two attached hydrogens (primary N) is 1. The molecule has 158 valence electrons. The van der Waals surface area contributed by atoms with E-state index < -0.39 is 17.9 Å². The molecule has 1 heterocycles. The van der Waals surface area contributed by atoms with E-state index in [4.69, 9.17) is 31.5 Å². The van der Waals surface area contributed by atoms with Crippen LogP contribution in [0.4, 0.5) is 0 Å². The van der Waals surface area contributed by atoms with Crippen LogP contribution in [0.25, 0.3) is 0 Å². The van der Waals surface area contributed by atoms with E-state index in [1.165, 1.54) is 7.11 Å². The highest BCUT2D eigenvalue weighted by molar-refractivity contribution is 6.31. The fourth-order valence-electron chi connectivity index (χ4n) is 3.18. The van der Waals surface area contributed by atoms with Crippen LogP contribution in [0.5, 0.6) is 0 Å². The Morgan fingerprint density at radius 1 is 1.17 bits per heavy atom. The first-order chi connectivity index (χ1) is 14.0. The molecule has 7 nitrogen and oxygen atoms in total. The largest absolute Gasteiger partial charge is 0.466 e. The molecule has 2 rings (SSSR count). The van der Waals surface area contributed by atoms with Gasteiger partial charge in [0.05, 0.1) is 49.7 Å². The molecular weight excluding hydrogens is 396 g/mol. The van der Waals surface area contributed by atoms with Crippen molar-refractivity contribution in [2.75, 3.05) is 33.5 Å². The number of hydrogen-bond acceptors (Lipinski definition) is 7. The second kappa shape index (κ2) is 11.0. The molecule has 1 atom stereocenters. The zero-order valence-corrected chi connectivity index (χ0v) is 17.7. The van der Waals surface area contributed by atoms with Crippen molar-refractivity contribution in [3.05, 3.63) is 57.4 Å². The minimum absolute atomic E-state index is 0.112. The monoisotopic (exact) mass is 422 g/mol. The minimum atomic E-state index is -0.752. The number of allylic oxidation sites excluding steroid dienone is 1. The second-order valence-corrected chi connectivity index (χ2v) is 6.89. The van der Waals surface area contributed by atoms with E-state index in [9.17, 15) is 9.59 Å². The minimum Gasteiger partial charge on any atom is -0.466 e. The van der Waals surface area contributed by atoms with Crippen LogP contribution in [-0.2, 0) is 23.8 Å². The van der Waals surface area contributed by atoms with Crippen molar-refractivity contribution in [1.82, 2.24) is 5.32 Å². The van der Waals surface area contributed by atoms with E-state index in [2.05, 4.69) is 5.32 Å². The van der Waals surface area contributed by atoms with Crippen molar-refractivity contribution < 1.29 is 23.8 Å². The lowest BCUT2D eigenvalue weighted by molar-refractivity contribution is -0.139. The van der Waals surface area contributed by atoms with Crippen molar-refractivity contribution >= 4 is 23.5 Å². The van der Waals surface area contributed by atoms with Gasteiger partial charge in [-0.05, 0) is 25.0 Å². The number of benzene rings is 1. The molecule has 1 aliphatic rings. The standard InChI is InChI=1S/C21H27ClN2O5/c1-4-10-29-21(26)19-16(12-28-11-9-23)24-13(2)17(20(25)27-3)18(19)14-7-5-6-8-15(14)22/h5-8,18,24H,4,9-12,23H2,1-3H3. The van der Waals surface area contributed by atoms with Gasteiger partial charge in [0.15, 0.2) is 0 Å². The number of ether oxygens (including phenoxy) is 3. The Bertz CT molecular complexity index is 819. The number of carbonyl (C=O) groups is 2. The first-order valence-corrected chi connectivity index (χ1v) is 9.82. The van der Waals surface area contributed by atoms with Gasteiger partial charge in [-0.1, -0.05) is 36.7 Å². The first kappa shape index (κ1) is 22.9. The normalized spacial score (nSPS) is 16.5. The van der Waals surface area contributed by atoms with Gasteiger partial charge in [0.2, 0.25) is 0 Å². The third-order valence-electron chi connectivity index (χ3n) is 4.43. The number of esters is 2. The topological polar surface area (TPSA) is 99.9 Å². The van der Waals surface area contributed by atoms with Gasteiger partial charge in [-0.3, -0.25) is 0 Å². The maximum absolute atomic E-state index is 13.0. The van der Waals surface area contributed by atoms with Gasteiger partial charge >= 0.3 is 11.9 Å². The zero-order chi connectivity index (χ0) is 21.4. The number of methoxy groups -OCH3 is 1. The van der Waals surface area contributed by atoms with Crippen molar-refractivity contribution in [2.24, 2.45) is 5.73 Å². The highest BCUT2D eigenvalue weighted by Gasteiger charge is 2.39. The predicted molar refractivity (Wildman–Crippen MR) is 110 cm³/mol. The van der Waals surface area contributed by atoms with E-state index in [1.54, 1.807) is 31.2 Å². The average molecular weight is 423 g/mol. The highest BCUT2D eigenvalue weighted by atomic mass is 35.5. The zero-order valence-electron chi connectivity index (χ0n) is 16.9. The lowest BCUT2D eigenvalue weighted by Crippen LogP contribution is -2.35. The molecule has 0 aliphatic carbocycles. The Morgan fingerprint density at radius 2 is 1.90 bits per heavy atom. The molecule has 0 saturated carbocycles. The number of hydrogen-bond donors (Lipinski definition) is 2. The average Bonchev–Trinajstić information content (AvgIpc) is 2.71. The van der Waals surface area contributed by atoms with Crippen LogP contribution in [0.3, 0.4) is 0 Å². The molecule has 1 aliphatic heterocycles. The Morgan fingerprint density at radius 3 is 2.52 bits per heavy atom.